The summed E-state index contributed by atoms with van der Waals surface area (Å²) >= 11 is 5.90. The molecule has 0 aromatic heterocycles. The summed E-state index contributed by atoms with van der Waals surface area (Å²) < 4.78 is 0. The highest BCUT2D eigenvalue weighted by Crippen LogP contribution is 2.24. The summed E-state index contributed by atoms with van der Waals surface area (Å²) in [7, 11) is 0. The Hall–Kier alpha value is -1.22. The van der Waals surface area contributed by atoms with Crippen molar-refractivity contribution in [2.24, 2.45) is 10.7 Å². The quantitative estimate of drug-likeness (QED) is 0.598. The van der Waals surface area contributed by atoms with Gasteiger partial charge in [0.1, 0.15) is 0 Å². The highest BCUT2D eigenvalue weighted by molar-refractivity contribution is 6.31. The van der Waals surface area contributed by atoms with Crippen LogP contribution in [0.25, 0.3) is 0 Å². The van der Waals surface area contributed by atoms with Gasteiger partial charge in [-0.25, -0.2) is 4.99 Å². The second kappa shape index (κ2) is 4.11. The largest absolute Gasteiger partial charge is 0.370 e. The molecule has 4 heteroatoms. The van der Waals surface area contributed by atoms with Gasteiger partial charge in [-0.1, -0.05) is 17.7 Å². The molecule has 0 heterocycles. The predicted molar refractivity (Wildman–Crippen MR) is 64.5 cm³/mol. The Kier molecular flexibility index (Phi) is 2.82. The van der Waals surface area contributed by atoms with E-state index < -0.39 is 0 Å². The summed E-state index contributed by atoms with van der Waals surface area (Å²) in [5, 5.41) is 3.76. The Morgan fingerprint density at radius 2 is 2.27 bits per heavy atom. The van der Waals surface area contributed by atoms with Gasteiger partial charge in [0, 0.05) is 10.7 Å². The number of nitrogens with zero attached hydrogens (tertiary/aromatic N) is 1. The third kappa shape index (κ3) is 2.86. The lowest BCUT2D eigenvalue weighted by molar-refractivity contribution is 1.06. The van der Waals surface area contributed by atoms with Crippen LogP contribution in [0.2, 0.25) is 5.02 Å². The number of benzene rings is 1. The van der Waals surface area contributed by atoms with Gasteiger partial charge in [0.25, 0.3) is 0 Å². The SMILES string of the molecule is Cc1ccc(Cl)cc1NC(N)=NC1CC1. The molecule has 1 saturated carbocycles. The first kappa shape index (κ1) is 10.3. The monoisotopic (exact) mass is 223 g/mol. The van der Waals surface area contributed by atoms with Crippen LogP contribution in [0.5, 0.6) is 0 Å². The van der Waals surface area contributed by atoms with E-state index in [0.717, 1.165) is 24.1 Å². The third-order valence-corrected chi connectivity index (χ3v) is 2.57. The Bertz CT molecular complexity index is 397. The molecular weight excluding hydrogens is 210 g/mol. The van der Waals surface area contributed by atoms with Crippen molar-refractivity contribution >= 4 is 23.2 Å². The van der Waals surface area contributed by atoms with Crippen LogP contribution < -0.4 is 11.1 Å². The number of nitrogens with one attached hydrogen (secondary N) is 1. The molecule has 1 aromatic carbocycles. The van der Waals surface area contributed by atoms with E-state index in [4.69, 9.17) is 17.3 Å². The molecule has 0 saturated heterocycles. The van der Waals surface area contributed by atoms with Crippen LogP contribution in [0.4, 0.5) is 5.69 Å². The van der Waals surface area contributed by atoms with Crippen LogP contribution in [-0.2, 0) is 0 Å². The molecule has 3 N–H and O–H groups in total. The first-order chi connectivity index (χ1) is 7.15. The minimum atomic E-state index is 0.428. The molecular formula is C11H14ClN3. The smallest absolute Gasteiger partial charge is 0.193 e. The molecule has 0 amide bonds. The number of hydrogen-bond donors (Lipinski definition) is 2. The number of rotatable bonds is 2. The van der Waals surface area contributed by atoms with Crippen LogP contribution in [0, 0.1) is 6.92 Å². The second-order valence-electron chi connectivity index (χ2n) is 3.83. The molecule has 0 unspecified atom stereocenters. The molecule has 0 aliphatic heterocycles. The van der Waals surface area contributed by atoms with E-state index in [-0.39, 0.29) is 0 Å². The van der Waals surface area contributed by atoms with Crippen molar-refractivity contribution in [1.82, 2.24) is 0 Å². The molecule has 0 spiro atoms. The van der Waals surface area contributed by atoms with Gasteiger partial charge in [-0.2, -0.15) is 0 Å². The fraction of sp³-hybridized carbons (Fsp3) is 0.364. The van der Waals surface area contributed by atoms with Crippen LogP contribution in [0.3, 0.4) is 0 Å². The summed E-state index contributed by atoms with van der Waals surface area (Å²) in [6, 6.07) is 6.09. The molecule has 2 rings (SSSR count). The molecule has 80 valence electrons. The molecule has 0 radical (unpaired) electrons. The van der Waals surface area contributed by atoms with Gasteiger partial charge < -0.3 is 11.1 Å². The van der Waals surface area contributed by atoms with Gasteiger partial charge in [-0.3, -0.25) is 0 Å². The van der Waals surface area contributed by atoms with Crippen LogP contribution >= 0.6 is 11.6 Å². The van der Waals surface area contributed by atoms with Crippen molar-refractivity contribution in [1.29, 1.82) is 0 Å². The number of anilines is 1. The zero-order valence-corrected chi connectivity index (χ0v) is 9.38. The number of hydrogen-bond acceptors (Lipinski definition) is 1. The fourth-order valence-corrected chi connectivity index (χ4v) is 1.47. The highest BCUT2D eigenvalue weighted by atomic mass is 35.5. The van der Waals surface area contributed by atoms with E-state index in [0.29, 0.717) is 17.0 Å². The van der Waals surface area contributed by atoms with Gasteiger partial charge in [0.15, 0.2) is 5.96 Å². The van der Waals surface area contributed by atoms with Crippen LogP contribution in [0.1, 0.15) is 18.4 Å². The van der Waals surface area contributed by atoms with Gasteiger partial charge in [-0.05, 0) is 37.5 Å². The summed E-state index contributed by atoms with van der Waals surface area (Å²) in [6.45, 7) is 2.00. The lowest BCUT2D eigenvalue weighted by atomic mass is 10.2. The van der Waals surface area contributed by atoms with E-state index in [1.165, 1.54) is 0 Å². The summed E-state index contributed by atoms with van der Waals surface area (Å²) in [4.78, 5) is 4.29. The van der Waals surface area contributed by atoms with Crippen LogP contribution in [0.15, 0.2) is 23.2 Å². The van der Waals surface area contributed by atoms with Gasteiger partial charge in [0.05, 0.1) is 6.04 Å². The maximum absolute atomic E-state index is 5.90. The predicted octanol–water partition coefficient (Wildman–Crippen LogP) is 2.54. The summed E-state index contributed by atoms with van der Waals surface area (Å²) in [5.41, 5.74) is 7.79. The van der Waals surface area contributed by atoms with Crippen molar-refractivity contribution in [3.63, 3.8) is 0 Å². The molecule has 1 aromatic rings. The first-order valence-corrected chi connectivity index (χ1v) is 5.39. The average molecular weight is 224 g/mol. The normalized spacial score (nSPS) is 16.5. The zero-order chi connectivity index (χ0) is 10.8. The lowest BCUT2D eigenvalue weighted by Gasteiger charge is -2.08. The summed E-state index contributed by atoms with van der Waals surface area (Å²) in [6.07, 6.45) is 2.30. The minimum absolute atomic E-state index is 0.428. The number of nitrogens with two attached hydrogens (primary N) is 1. The van der Waals surface area contributed by atoms with Crippen molar-refractivity contribution < 1.29 is 0 Å². The number of halogens is 1. The van der Waals surface area contributed by atoms with Gasteiger partial charge in [-0.15, -0.1) is 0 Å². The fourth-order valence-electron chi connectivity index (χ4n) is 1.30. The highest BCUT2D eigenvalue weighted by Gasteiger charge is 2.20. The third-order valence-electron chi connectivity index (χ3n) is 2.33. The van der Waals surface area contributed by atoms with Crippen molar-refractivity contribution in [3.8, 4) is 0 Å². The molecule has 0 bridgehead atoms. The zero-order valence-electron chi connectivity index (χ0n) is 8.63. The van der Waals surface area contributed by atoms with Crippen LogP contribution in [-0.4, -0.2) is 12.0 Å². The number of aryl methyl sites for hydroxylation is 1. The molecule has 1 aliphatic rings. The first-order valence-electron chi connectivity index (χ1n) is 5.01. The molecule has 0 atom stereocenters. The van der Waals surface area contributed by atoms with E-state index in [1.54, 1.807) is 0 Å². The Morgan fingerprint density at radius 3 is 2.93 bits per heavy atom. The van der Waals surface area contributed by atoms with E-state index in [2.05, 4.69) is 10.3 Å². The second-order valence-corrected chi connectivity index (χ2v) is 4.27. The minimum Gasteiger partial charge on any atom is -0.370 e. The average Bonchev–Trinajstić information content (AvgIpc) is 2.95. The topological polar surface area (TPSA) is 50.4 Å². The molecule has 3 nitrogen and oxygen atoms in total. The Morgan fingerprint density at radius 1 is 1.53 bits per heavy atom. The van der Waals surface area contributed by atoms with E-state index in [1.807, 2.05) is 25.1 Å². The molecule has 1 fully saturated rings. The lowest BCUT2D eigenvalue weighted by Crippen LogP contribution is -2.23. The van der Waals surface area contributed by atoms with Gasteiger partial charge >= 0.3 is 0 Å². The van der Waals surface area contributed by atoms with E-state index >= 15 is 0 Å². The van der Waals surface area contributed by atoms with Gasteiger partial charge in [0.2, 0.25) is 0 Å². The Labute approximate surface area is 94.3 Å². The maximum Gasteiger partial charge on any atom is 0.193 e. The number of guanidine groups is 1. The summed E-state index contributed by atoms with van der Waals surface area (Å²) in [5.74, 6) is 0.475. The van der Waals surface area contributed by atoms with Crippen molar-refractivity contribution in [3.05, 3.63) is 28.8 Å². The molecule has 15 heavy (non-hydrogen) atoms. The Balaban J connectivity index is 2.11. The molecule has 1 aliphatic carbocycles. The van der Waals surface area contributed by atoms with Crippen molar-refractivity contribution in [2.75, 3.05) is 5.32 Å². The maximum atomic E-state index is 5.90. The van der Waals surface area contributed by atoms with E-state index in [9.17, 15) is 0 Å². The van der Waals surface area contributed by atoms with Crippen molar-refractivity contribution in [2.45, 2.75) is 25.8 Å². The number of aliphatic imine (C=N–C) groups is 1. The standard InChI is InChI=1S/C11H14ClN3/c1-7-2-3-8(12)6-10(7)15-11(13)14-9-4-5-9/h2-3,6,9H,4-5H2,1H3,(H3,13,14,15).